The molecule has 0 spiro atoms. The van der Waals surface area contributed by atoms with Crippen LogP contribution in [0.15, 0.2) is 192 Å². The highest BCUT2D eigenvalue weighted by atomic mass is 16.3. The van der Waals surface area contributed by atoms with Crippen molar-refractivity contribution in [2.24, 2.45) is 0 Å². The Morgan fingerprint density at radius 3 is 1.57 bits per heavy atom. The van der Waals surface area contributed by atoms with Gasteiger partial charge in [-0.05, 0) is 104 Å². The van der Waals surface area contributed by atoms with E-state index in [2.05, 4.69) is 201 Å². The molecule has 0 N–H and O–H groups in total. The van der Waals surface area contributed by atoms with Crippen molar-refractivity contribution in [3.63, 3.8) is 0 Å². The quantitative estimate of drug-likeness (QED) is 0.174. The van der Waals surface area contributed by atoms with Gasteiger partial charge in [0.2, 0.25) is 0 Å². The number of benzene rings is 8. The van der Waals surface area contributed by atoms with E-state index in [0.717, 1.165) is 28.4 Å². The molecule has 2 heteroatoms. The SMILES string of the molecule is CC1(C)c2cc(-c3ccc(N(c4ccc(-c5ccccc5)cc4)c4ccc(-c5ccc6ccccc6c5)cc4)cc3)ccc2-c2oc3ccccc3c21. The minimum atomic E-state index is -0.158. The molecule has 10 rings (SSSR count). The summed E-state index contributed by atoms with van der Waals surface area (Å²) in [6.45, 7) is 4.64. The van der Waals surface area contributed by atoms with Gasteiger partial charge in [-0.2, -0.15) is 0 Å². The normalized spacial score (nSPS) is 12.9. The summed E-state index contributed by atoms with van der Waals surface area (Å²) in [5.41, 5.74) is 15.1. The maximum Gasteiger partial charge on any atom is 0.139 e. The minimum Gasteiger partial charge on any atom is -0.456 e. The van der Waals surface area contributed by atoms with Gasteiger partial charge in [0.25, 0.3) is 0 Å². The molecule has 8 aromatic carbocycles. The van der Waals surface area contributed by atoms with E-state index in [4.69, 9.17) is 4.42 Å². The van der Waals surface area contributed by atoms with E-state index in [1.165, 1.54) is 66.2 Å². The third kappa shape index (κ3) is 5.26. The molecular formula is C51H37NO. The van der Waals surface area contributed by atoms with E-state index in [-0.39, 0.29) is 5.41 Å². The third-order valence-electron chi connectivity index (χ3n) is 11.1. The minimum absolute atomic E-state index is 0.158. The molecule has 1 aliphatic rings. The Bertz CT molecular complexity index is 2770. The predicted octanol–water partition coefficient (Wildman–Crippen LogP) is 14.4. The van der Waals surface area contributed by atoms with Gasteiger partial charge in [-0.25, -0.2) is 0 Å². The van der Waals surface area contributed by atoms with E-state index in [0.29, 0.717) is 0 Å². The molecule has 0 radical (unpaired) electrons. The van der Waals surface area contributed by atoms with Gasteiger partial charge in [0.15, 0.2) is 0 Å². The zero-order valence-corrected chi connectivity index (χ0v) is 29.8. The van der Waals surface area contributed by atoms with E-state index >= 15 is 0 Å². The Kier molecular flexibility index (Phi) is 7.19. The van der Waals surface area contributed by atoms with Gasteiger partial charge in [0.05, 0.1) is 0 Å². The van der Waals surface area contributed by atoms with Gasteiger partial charge < -0.3 is 9.32 Å². The van der Waals surface area contributed by atoms with Gasteiger partial charge in [-0.3, -0.25) is 0 Å². The summed E-state index contributed by atoms with van der Waals surface area (Å²) in [5, 5.41) is 3.71. The largest absolute Gasteiger partial charge is 0.456 e. The molecule has 2 nitrogen and oxygen atoms in total. The predicted molar refractivity (Wildman–Crippen MR) is 222 cm³/mol. The zero-order valence-electron chi connectivity index (χ0n) is 29.8. The molecule has 1 heterocycles. The maximum absolute atomic E-state index is 6.42. The van der Waals surface area contributed by atoms with Crippen LogP contribution in [0, 0.1) is 0 Å². The number of nitrogens with zero attached hydrogens (tertiary/aromatic N) is 1. The first kappa shape index (κ1) is 31.1. The lowest BCUT2D eigenvalue weighted by atomic mass is 9.80. The van der Waals surface area contributed by atoms with Crippen molar-refractivity contribution in [1.82, 2.24) is 0 Å². The molecule has 1 aromatic heterocycles. The van der Waals surface area contributed by atoms with Crippen molar-refractivity contribution in [2.45, 2.75) is 19.3 Å². The summed E-state index contributed by atoms with van der Waals surface area (Å²) >= 11 is 0. The second-order valence-electron chi connectivity index (χ2n) is 14.6. The lowest BCUT2D eigenvalue weighted by Gasteiger charge is -2.26. The van der Waals surface area contributed by atoms with Crippen LogP contribution >= 0.6 is 0 Å². The van der Waals surface area contributed by atoms with Crippen LogP contribution in [0.1, 0.15) is 25.0 Å². The Morgan fingerprint density at radius 2 is 0.906 bits per heavy atom. The summed E-state index contributed by atoms with van der Waals surface area (Å²) in [4.78, 5) is 2.35. The summed E-state index contributed by atoms with van der Waals surface area (Å²) in [6, 6.07) is 67.8. The number of furan rings is 1. The fraction of sp³-hybridized carbons (Fsp3) is 0.0588. The molecule has 0 fully saturated rings. The molecule has 252 valence electrons. The van der Waals surface area contributed by atoms with Crippen molar-refractivity contribution in [2.75, 3.05) is 4.90 Å². The molecule has 0 saturated heterocycles. The van der Waals surface area contributed by atoms with Crippen LogP contribution in [0.2, 0.25) is 0 Å². The number of para-hydroxylation sites is 1. The molecule has 1 aliphatic carbocycles. The molecule has 9 aromatic rings. The van der Waals surface area contributed by atoms with E-state index < -0.39 is 0 Å². The molecule has 0 saturated carbocycles. The van der Waals surface area contributed by atoms with E-state index in [1.807, 2.05) is 6.07 Å². The van der Waals surface area contributed by atoms with Gasteiger partial charge in [-0.15, -0.1) is 0 Å². The topological polar surface area (TPSA) is 16.4 Å². The second-order valence-corrected chi connectivity index (χ2v) is 14.6. The van der Waals surface area contributed by atoms with Crippen LogP contribution in [0.3, 0.4) is 0 Å². The Hall–Kier alpha value is -6.64. The highest BCUT2D eigenvalue weighted by Crippen LogP contribution is 2.53. The number of anilines is 3. The van der Waals surface area contributed by atoms with Gasteiger partial charge in [0.1, 0.15) is 11.3 Å². The first-order valence-electron chi connectivity index (χ1n) is 18.3. The van der Waals surface area contributed by atoms with E-state index in [1.54, 1.807) is 0 Å². The van der Waals surface area contributed by atoms with Crippen LogP contribution in [-0.2, 0) is 5.41 Å². The van der Waals surface area contributed by atoms with Crippen molar-refractivity contribution >= 4 is 38.8 Å². The summed E-state index contributed by atoms with van der Waals surface area (Å²) in [7, 11) is 0. The third-order valence-corrected chi connectivity index (χ3v) is 11.1. The number of hydrogen-bond donors (Lipinski definition) is 0. The Morgan fingerprint density at radius 1 is 0.415 bits per heavy atom. The van der Waals surface area contributed by atoms with Gasteiger partial charge >= 0.3 is 0 Å². The van der Waals surface area contributed by atoms with Crippen molar-refractivity contribution in [3.05, 3.63) is 199 Å². The first-order chi connectivity index (χ1) is 26.0. The summed E-state index contributed by atoms with van der Waals surface area (Å²) in [5.74, 6) is 1.01. The van der Waals surface area contributed by atoms with Gasteiger partial charge in [-0.1, -0.05) is 147 Å². The number of rotatable bonds is 6. The lowest BCUT2D eigenvalue weighted by Crippen LogP contribution is -2.15. The summed E-state index contributed by atoms with van der Waals surface area (Å²) < 4.78 is 6.42. The van der Waals surface area contributed by atoms with Crippen LogP contribution in [0.5, 0.6) is 0 Å². The first-order valence-corrected chi connectivity index (χ1v) is 18.3. The standard InChI is InChI=1S/C51H37NO/c1-51(2)47-33-41(24-31-45(47)50-49(51)46-14-8-9-15-48(46)53-50)38-22-29-44(30-23-38)52(42-25-18-36(19-26-42)34-10-4-3-5-11-34)43-27-20-37(21-28-43)40-17-16-35-12-6-7-13-39(35)32-40/h3-33H,1-2H3. The van der Waals surface area contributed by atoms with Crippen molar-refractivity contribution < 1.29 is 4.42 Å². The second kappa shape index (κ2) is 12.3. The van der Waals surface area contributed by atoms with Gasteiger partial charge in [0, 0.05) is 39.0 Å². The monoisotopic (exact) mass is 679 g/mol. The summed E-state index contributed by atoms with van der Waals surface area (Å²) in [6.07, 6.45) is 0. The molecule has 0 unspecified atom stereocenters. The number of hydrogen-bond acceptors (Lipinski definition) is 2. The Labute approximate surface area is 310 Å². The fourth-order valence-corrected chi connectivity index (χ4v) is 8.28. The Balaban J connectivity index is 1.01. The molecule has 0 aliphatic heterocycles. The van der Waals surface area contributed by atoms with Crippen LogP contribution in [0.25, 0.3) is 66.4 Å². The molecule has 53 heavy (non-hydrogen) atoms. The van der Waals surface area contributed by atoms with E-state index in [9.17, 15) is 0 Å². The average molecular weight is 680 g/mol. The highest BCUT2D eigenvalue weighted by molar-refractivity contribution is 5.95. The molecule has 0 amide bonds. The lowest BCUT2D eigenvalue weighted by molar-refractivity contribution is 0.619. The van der Waals surface area contributed by atoms with Crippen LogP contribution in [-0.4, -0.2) is 0 Å². The smallest absolute Gasteiger partial charge is 0.139 e. The number of fused-ring (bicyclic) bond motifs is 6. The molecule has 0 atom stereocenters. The average Bonchev–Trinajstić information content (AvgIpc) is 3.72. The van der Waals surface area contributed by atoms with Crippen molar-refractivity contribution in [3.8, 4) is 44.7 Å². The molecule has 0 bridgehead atoms. The highest BCUT2D eigenvalue weighted by Gasteiger charge is 2.40. The maximum atomic E-state index is 6.42. The zero-order chi connectivity index (χ0) is 35.5. The molecular weight excluding hydrogens is 643 g/mol. The van der Waals surface area contributed by atoms with Crippen LogP contribution in [0.4, 0.5) is 17.1 Å². The van der Waals surface area contributed by atoms with Crippen molar-refractivity contribution in [1.29, 1.82) is 0 Å². The fourth-order valence-electron chi connectivity index (χ4n) is 8.28. The van der Waals surface area contributed by atoms with Crippen LogP contribution < -0.4 is 4.90 Å².